The first-order valence-corrected chi connectivity index (χ1v) is 6.61. The minimum Gasteiger partial charge on any atom is -0.472 e. The Balaban J connectivity index is 1.97. The number of likely N-dealkylation sites (N-methyl/N-ethyl adjacent to an activating group) is 1. The second-order valence-corrected chi connectivity index (χ2v) is 5.04. The predicted octanol–water partition coefficient (Wildman–Crippen LogP) is 2.37. The highest BCUT2D eigenvalue weighted by Gasteiger charge is 2.16. The Labute approximate surface area is 110 Å². The average Bonchev–Trinajstić information content (AvgIpc) is 3.01. The van der Waals surface area contributed by atoms with Gasteiger partial charge in [-0.3, -0.25) is 4.79 Å². The number of thiophene rings is 1. The van der Waals surface area contributed by atoms with E-state index < -0.39 is 0 Å². The van der Waals surface area contributed by atoms with Gasteiger partial charge in [-0.2, -0.15) is 11.3 Å². The van der Waals surface area contributed by atoms with Gasteiger partial charge < -0.3 is 14.6 Å². The van der Waals surface area contributed by atoms with Crippen LogP contribution in [-0.2, 0) is 0 Å². The van der Waals surface area contributed by atoms with Gasteiger partial charge in [0.15, 0.2) is 0 Å². The van der Waals surface area contributed by atoms with Gasteiger partial charge in [0.1, 0.15) is 6.26 Å². The third kappa shape index (κ3) is 3.00. The Kier molecular flexibility index (Phi) is 4.17. The van der Waals surface area contributed by atoms with Gasteiger partial charge in [0.2, 0.25) is 0 Å². The summed E-state index contributed by atoms with van der Waals surface area (Å²) in [5.74, 6) is -0.106. The van der Waals surface area contributed by atoms with Crippen molar-refractivity contribution in [3.05, 3.63) is 46.5 Å². The Morgan fingerprint density at radius 1 is 1.50 bits per heavy atom. The van der Waals surface area contributed by atoms with Crippen molar-refractivity contribution in [2.24, 2.45) is 0 Å². The van der Waals surface area contributed by atoms with Crippen molar-refractivity contribution >= 4 is 17.2 Å². The van der Waals surface area contributed by atoms with Crippen LogP contribution in [0.25, 0.3) is 0 Å². The summed E-state index contributed by atoms with van der Waals surface area (Å²) >= 11 is 1.66. The summed E-state index contributed by atoms with van der Waals surface area (Å²) < 4.78 is 4.89. The molecule has 1 amide bonds. The fourth-order valence-electron chi connectivity index (χ4n) is 1.75. The van der Waals surface area contributed by atoms with Gasteiger partial charge in [0.25, 0.3) is 5.91 Å². The number of amides is 1. The molecule has 0 fully saturated rings. The Morgan fingerprint density at radius 2 is 2.33 bits per heavy atom. The molecule has 2 aromatic heterocycles. The monoisotopic (exact) mass is 264 g/mol. The van der Waals surface area contributed by atoms with Crippen molar-refractivity contribution in [3.8, 4) is 0 Å². The van der Waals surface area contributed by atoms with Crippen molar-refractivity contribution < 1.29 is 9.21 Å². The van der Waals surface area contributed by atoms with E-state index in [2.05, 4.69) is 21.7 Å². The van der Waals surface area contributed by atoms with Gasteiger partial charge in [0.05, 0.1) is 17.9 Å². The molecule has 1 N–H and O–H groups in total. The minimum absolute atomic E-state index is 0.106. The van der Waals surface area contributed by atoms with Gasteiger partial charge in [-0.15, -0.1) is 0 Å². The lowest BCUT2D eigenvalue weighted by atomic mass is 10.1. The minimum atomic E-state index is -0.106. The highest BCUT2D eigenvalue weighted by atomic mass is 32.1. The van der Waals surface area contributed by atoms with Crippen LogP contribution in [0.3, 0.4) is 0 Å². The highest BCUT2D eigenvalue weighted by Crippen LogP contribution is 2.20. The van der Waals surface area contributed by atoms with Crippen molar-refractivity contribution in [1.29, 1.82) is 0 Å². The maximum atomic E-state index is 11.8. The normalized spacial score (nSPS) is 12.6. The molecular formula is C13H16N2O2S. The molecular weight excluding hydrogens is 248 g/mol. The molecule has 0 radical (unpaired) electrons. The van der Waals surface area contributed by atoms with Crippen LogP contribution in [-0.4, -0.2) is 31.4 Å². The molecule has 0 aliphatic rings. The van der Waals surface area contributed by atoms with E-state index >= 15 is 0 Å². The number of rotatable bonds is 5. The van der Waals surface area contributed by atoms with Crippen molar-refractivity contribution in [3.63, 3.8) is 0 Å². The third-order valence-electron chi connectivity index (χ3n) is 2.79. The number of carbonyl (C=O) groups is 1. The predicted molar refractivity (Wildman–Crippen MR) is 71.8 cm³/mol. The lowest BCUT2D eigenvalue weighted by Gasteiger charge is -2.23. The molecule has 0 bridgehead atoms. The van der Waals surface area contributed by atoms with E-state index in [0.717, 1.165) is 0 Å². The molecule has 4 nitrogen and oxygen atoms in total. The molecule has 1 atom stereocenters. The Hall–Kier alpha value is -1.59. The zero-order valence-electron chi connectivity index (χ0n) is 10.4. The van der Waals surface area contributed by atoms with Crippen LogP contribution in [0.15, 0.2) is 39.8 Å². The average molecular weight is 264 g/mol. The van der Waals surface area contributed by atoms with Crippen molar-refractivity contribution in [2.75, 3.05) is 20.6 Å². The van der Waals surface area contributed by atoms with Crippen LogP contribution in [0.5, 0.6) is 0 Å². The summed E-state index contributed by atoms with van der Waals surface area (Å²) in [4.78, 5) is 13.9. The highest BCUT2D eigenvalue weighted by molar-refractivity contribution is 7.07. The van der Waals surface area contributed by atoms with Gasteiger partial charge in [-0.25, -0.2) is 0 Å². The number of nitrogens with one attached hydrogen (secondary N) is 1. The van der Waals surface area contributed by atoms with Gasteiger partial charge >= 0.3 is 0 Å². The number of hydrogen-bond acceptors (Lipinski definition) is 4. The summed E-state index contributed by atoms with van der Waals surface area (Å²) in [6.07, 6.45) is 2.95. The standard InChI is InChI=1S/C13H16N2O2S/c1-15(2)12(11-4-6-18-9-11)7-14-13(16)10-3-5-17-8-10/h3-6,8-9,12H,7H2,1-2H3,(H,14,16)/t12-/m1/s1. The number of nitrogens with zero attached hydrogens (tertiary/aromatic N) is 1. The van der Waals surface area contributed by atoms with Crippen LogP contribution >= 0.6 is 11.3 Å². The van der Waals surface area contributed by atoms with Crippen molar-refractivity contribution in [1.82, 2.24) is 10.2 Å². The maximum Gasteiger partial charge on any atom is 0.254 e. The molecule has 96 valence electrons. The number of furan rings is 1. The third-order valence-corrected chi connectivity index (χ3v) is 3.49. The first kappa shape index (κ1) is 12.9. The molecule has 2 rings (SSSR count). The van der Waals surface area contributed by atoms with Gasteiger partial charge in [0, 0.05) is 6.54 Å². The van der Waals surface area contributed by atoms with Crippen LogP contribution < -0.4 is 5.32 Å². The zero-order chi connectivity index (χ0) is 13.0. The van der Waals surface area contributed by atoms with E-state index in [1.54, 1.807) is 17.4 Å². The van der Waals surface area contributed by atoms with E-state index in [1.807, 2.05) is 19.5 Å². The fraction of sp³-hybridized carbons (Fsp3) is 0.308. The molecule has 0 saturated carbocycles. The maximum absolute atomic E-state index is 11.8. The lowest BCUT2D eigenvalue weighted by Crippen LogP contribution is -2.34. The summed E-state index contributed by atoms with van der Waals surface area (Å²) in [6, 6.07) is 3.93. The van der Waals surface area contributed by atoms with E-state index in [9.17, 15) is 4.79 Å². The SMILES string of the molecule is CN(C)[C@H](CNC(=O)c1ccoc1)c1ccsc1. The molecule has 0 unspecified atom stereocenters. The molecule has 5 heteroatoms. The molecule has 18 heavy (non-hydrogen) atoms. The van der Waals surface area contributed by atoms with Crippen LogP contribution in [0.2, 0.25) is 0 Å². The summed E-state index contributed by atoms with van der Waals surface area (Å²) in [6.45, 7) is 0.577. The molecule has 0 spiro atoms. The van der Waals surface area contributed by atoms with Gasteiger partial charge in [-0.05, 0) is 42.6 Å². The summed E-state index contributed by atoms with van der Waals surface area (Å²) in [5.41, 5.74) is 1.77. The van der Waals surface area contributed by atoms with Crippen molar-refractivity contribution in [2.45, 2.75) is 6.04 Å². The second kappa shape index (κ2) is 5.84. The fourth-order valence-corrected chi connectivity index (χ4v) is 2.46. The first-order chi connectivity index (χ1) is 8.68. The molecule has 2 heterocycles. The molecule has 0 aliphatic heterocycles. The summed E-state index contributed by atoms with van der Waals surface area (Å²) in [7, 11) is 4.01. The Bertz CT molecular complexity index is 477. The molecule has 0 saturated heterocycles. The largest absolute Gasteiger partial charge is 0.472 e. The van der Waals surface area contributed by atoms with E-state index in [1.165, 1.54) is 18.1 Å². The summed E-state index contributed by atoms with van der Waals surface area (Å²) in [5, 5.41) is 7.07. The Morgan fingerprint density at radius 3 is 2.89 bits per heavy atom. The van der Waals surface area contributed by atoms with Crippen LogP contribution in [0.1, 0.15) is 22.0 Å². The lowest BCUT2D eigenvalue weighted by molar-refractivity contribution is 0.0941. The topological polar surface area (TPSA) is 45.5 Å². The second-order valence-electron chi connectivity index (χ2n) is 4.26. The zero-order valence-corrected chi connectivity index (χ0v) is 11.2. The smallest absolute Gasteiger partial charge is 0.254 e. The number of hydrogen-bond donors (Lipinski definition) is 1. The van der Waals surface area contributed by atoms with Gasteiger partial charge in [-0.1, -0.05) is 0 Å². The molecule has 0 aromatic carbocycles. The van der Waals surface area contributed by atoms with E-state index in [-0.39, 0.29) is 11.9 Å². The van der Waals surface area contributed by atoms with Crippen LogP contribution in [0.4, 0.5) is 0 Å². The molecule has 0 aliphatic carbocycles. The van der Waals surface area contributed by atoms with E-state index in [0.29, 0.717) is 12.1 Å². The molecule has 2 aromatic rings. The number of carbonyl (C=O) groups excluding carboxylic acids is 1. The van der Waals surface area contributed by atoms with E-state index in [4.69, 9.17) is 4.42 Å². The van der Waals surface area contributed by atoms with Crippen LogP contribution in [0, 0.1) is 0 Å². The quantitative estimate of drug-likeness (QED) is 0.901. The first-order valence-electron chi connectivity index (χ1n) is 5.67.